The zero-order valence-electron chi connectivity index (χ0n) is 11.3. The van der Waals surface area contributed by atoms with Crippen LogP contribution < -0.4 is 5.32 Å². The second-order valence-electron chi connectivity index (χ2n) is 4.64. The number of benzene rings is 1. The van der Waals surface area contributed by atoms with Crippen molar-refractivity contribution in [1.82, 2.24) is 10.2 Å². The Balaban J connectivity index is 1.92. The summed E-state index contributed by atoms with van der Waals surface area (Å²) in [7, 11) is 0. The molecule has 2 N–H and O–H groups in total. The number of H-pyrrole nitrogens is 1. The molecule has 2 aromatic rings. The van der Waals surface area contributed by atoms with Gasteiger partial charge >= 0.3 is 6.09 Å². The third-order valence-corrected chi connectivity index (χ3v) is 3.84. The minimum absolute atomic E-state index is 0.241. The molecule has 6 heteroatoms. The lowest BCUT2D eigenvalue weighted by molar-refractivity contribution is 0.155. The number of aromatic amines is 1. The number of hydrogen-bond donors (Lipinski definition) is 2. The first kappa shape index (κ1) is 14.8. The summed E-state index contributed by atoms with van der Waals surface area (Å²) in [5.74, 6) is 0.831. The zero-order chi connectivity index (χ0) is 14.5. The molecule has 0 radical (unpaired) electrons. The van der Waals surface area contributed by atoms with Crippen LogP contribution in [0.1, 0.15) is 31.0 Å². The van der Waals surface area contributed by atoms with Gasteiger partial charge in [0, 0.05) is 0 Å². The summed E-state index contributed by atoms with van der Waals surface area (Å²) in [6, 6.07) is 9.54. The maximum atomic E-state index is 11.7. The molecule has 1 aromatic carbocycles. The molecule has 0 fully saturated rings. The average molecular weight is 385 g/mol. The average Bonchev–Trinajstić information content (AvgIpc) is 2.79. The van der Waals surface area contributed by atoms with Crippen LogP contribution in [-0.4, -0.2) is 16.3 Å². The van der Waals surface area contributed by atoms with Gasteiger partial charge in [0.1, 0.15) is 6.61 Å². The highest BCUT2D eigenvalue weighted by Crippen LogP contribution is 2.24. The van der Waals surface area contributed by atoms with Crippen LogP contribution in [0.4, 0.5) is 10.6 Å². The fraction of sp³-hybridized carbons (Fsp3) is 0.286. The lowest BCUT2D eigenvalue weighted by Crippen LogP contribution is -2.14. The number of anilines is 1. The molecular formula is C14H16IN3O2. The van der Waals surface area contributed by atoms with Gasteiger partial charge in [-0.2, -0.15) is 5.10 Å². The van der Waals surface area contributed by atoms with Gasteiger partial charge in [0.15, 0.2) is 5.82 Å². The van der Waals surface area contributed by atoms with Crippen molar-refractivity contribution in [3.05, 3.63) is 45.2 Å². The Labute approximate surface area is 131 Å². The summed E-state index contributed by atoms with van der Waals surface area (Å²) in [5, 5.41) is 9.66. The Morgan fingerprint density at radius 1 is 1.40 bits per heavy atom. The molecular weight excluding hydrogens is 369 g/mol. The molecule has 0 bridgehead atoms. The van der Waals surface area contributed by atoms with Crippen molar-refractivity contribution in [2.75, 3.05) is 5.32 Å². The highest BCUT2D eigenvalue weighted by atomic mass is 127. The maximum Gasteiger partial charge on any atom is 0.413 e. The molecule has 0 spiro atoms. The summed E-state index contributed by atoms with van der Waals surface area (Å²) in [6.45, 7) is 4.37. The van der Waals surface area contributed by atoms with Crippen molar-refractivity contribution in [1.29, 1.82) is 0 Å². The Hall–Kier alpha value is -1.57. The summed E-state index contributed by atoms with van der Waals surface area (Å²) in [6.07, 6.45) is -0.506. The number of nitrogens with one attached hydrogen (secondary N) is 2. The quantitative estimate of drug-likeness (QED) is 0.785. The number of hydrogen-bond acceptors (Lipinski definition) is 3. The van der Waals surface area contributed by atoms with E-state index in [0.29, 0.717) is 11.7 Å². The topological polar surface area (TPSA) is 67.0 Å². The van der Waals surface area contributed by atoms with Crippen LogP contribution >= 0.6 is 22.6 Å². The van der Waals surface area contributed by atoms with E-state index in [1.54, 1.807) is 0 Å². The summed E-state index contributed by atoms with van der Waals surface area (Å²) >= 11 is 2.16. The predicted molar refractivity (Wildman–Crippen MR) is 85.6 cm³/mol. The van der Waals surface area contributed by atoms with Gasteiger partial charge < -0.3 is 4.74 Å². The van der Waals surface area contributed by atoms with E-state index in [1.165, 1.54) is 0 Å². The molecule has 0 saturated carbocycles. The molecule has 2 rings (SSSR count). The normalized spacial score (nSPS) is 10.6. The van der Waals surface area contributed by atoms with Crippen molar-refractivity contribution < 1.29 is 9.53 Å². The molecule has 0 unspecified atom stereocenters. The van der Waals surface area contributed by atoms with Crippen LogP contribution in [0.5, 0.6) is 0 Å². The number of rotatable bonds is 4. The van der Waals surface area contributed by atoms with Gasteiger partial charge in [-0.1, -0.05) is 44.2 Å². The molecule has 0 aliphatic carbocycles. The lowest BCUT2D eigenvalue weighted by atomic mass is 10.1. The van der Waals surface area contributed by atoms with Gasteiger partial charge in [-0.05, 0) is 34.1 Å². The van der Waals surface area contributed by atoms with Gasteiger partial charge in [0.25, 0.3) is 0 Å². The van der Waals surface area contributed by atoms with Crippen molar-refractivity contribution in [3.8, 4) is 0 Å². The van der Waals surface area contributed by atoms with E-state index < -0.39 is 6.09 Å². The molecule has 1 amide bonds. The smallest absolute Gasteiger partial charge is 0.413 e. The number of aromatic nitrogens is 2. The van der Waals surface area contributed by atoms with Crippen molar-refractivity contribution in [2.24, 2.45) is 0 Å². The highest BCUT2D eigenvalue weighted by molar-refractivity contribution is 14.1. The summed E-state index contributed by atoms with van der Waals surface area (Å²) in [5.41, 5.74) is 1.95. The first-order valence-corrected chi connectivity index (χ1v) is 7.37. The Morgan fingerprint density at radius 2 is 2.10 bits per heavy atom. The van der Waals surface area contributed by atoms with Crippen LogP contribution in [0.15, 0.2) is 30.3 Å². The molecule has 0 saturated heterocycles. The second-order valence-corrected chi connectivity index (χ2v) is 5.72. The van der Waals surface area contributed by atoms with Crippen LogP contribution in [0.3, 0.4) is 0 Å². The minimum atomic E-state index is -0.506. The molecule has 0 atom stereocenters. The number of carbonyl (C=O) groups is 1. The van der Waals surface area contributed by atoms with Crippen LogP contribution in [0.2, 0.25) is 0 Å². The Morgan fingerprint density at radius 3 is 2.70 bits per heavy atom. The van der Waals surface area contributed by atoms with E-state index in [-0.39, 0.29) is 6.61 Å². The van der Waals surface area contributed by atoms with E-state index in [1.807, 2.05) is 30.3 Å². The molecule has 5 nitrogen and oxygen atoms in total. The molecule has 0 aliphatic heterocycles. The Kier molecular flexibility index (Phi) is 4.99. The minimum Gasteiger partial charge on any atom is -0.444 e. The number of amides is 1. The van der Waals surface area contributed by atoms with Gasteiger partial charge in [-0.15, -0.1) is 0 Å². The zero-order valence-corrected chi connectivity index (χ0v) is 13.5. The number of halogens is 1. The third kappa shape index (κ3) is 3.72. The SMILES string of the molecule is CC(C)c1[nH]nc(NC(=O)OCc2ccccc2)c1I. The standard InChI is InChI=1S/C14H16IN3O2/c1-9(2)12-11(15)13(18-17-12)16-14(19)20-8-10-6-4-3-5-7-10/h3-7,9H,8H2,1-2H3,(H2,16,17,18,19). The molecule has 1 heterocycles. The summed E-state index contributed by atoms with van der Waals surface area (Å²) < 4.78 is 6.06. The van der Waals surface area contributed by atoms with Crippen LogP contribution in [0, 0.1) is 3.57 Å². The molecule has 106 valence electrons. The van der Waals surface area contributed by atoms with Gasteiger partial charge in [0.2, 0.25) is 0 Å². The Bertz CT molecular complexity index is 581. The number of ether oxygens (including phenoxy) is 1. The molecule has 1 aromatic heterocycles. The third-order valence-electron chi connectivity index (χ3n) is 2.74. The van der Waals surface area contributed by atoms with Gasteiger partial charge in [0.05, 0.1) is 9.26 Å². The van der Waals surface area contributed by atoms with E-state index in [2.05, 4.69) is 52.0 Å². The lowest BCUT2D eigenvalue weighted by Gasteiger charge is -2.06. The van der Waals surface area contributed by atoms with E-state index in [9.17, 15) is 4.79 Å². The van der Waals surface area contributed by atoms with Gasteiger partial charge in [-0.25, -0.2) is 4.79 Å². The van der Waals surface area contributed by atoms with Crippen molar-refractivity contribution >= 4 is 34.5 Å². The first-order chi connectivity index (χ1) is 9.58. The van der Waals surface area contributed by atoms with E-state index >= 15 is 0 Å². The van der Waals surface area contributed by atoms with E-state index in [0.717, 1.165) is 14.8 Å². The highest BCUT2D eigenvalue weighted by Gasteiger charge is 2.15. The molecule has 20 heavy (non-hydrogen) atoms. The van der Waals surface area contributed by atoms with Crippen molar-refractivity contribution in [3.63, 3.8) is 0 Å². The first-order valence-electron chi connectivity index (χ1n) is 6.29. The van der Waals surface area contributed by atoms with Crippen LogP contribution in [0.25, 0.3) is 0 Å². The monoisotopic (exact) mass is 385 g/mol. The number of carbonyl (C=O) groups excluding carboxylic acids is 1. The van der Waals surface area contributed by atoms with E-state index in [4.69, 9.17) is 4.74 Å². The number of nitrogens with zero attached hydrogens (tertiary/aromatic N) is 1. The summed E-state index contributed by atoms with van der Waals surface area (Å²) in [4.78, 5) is 11.7. The largest absolute Gasteiger partial charge is 0.444 e. The van der Waals surface area contributed by atoms with Crippen LogP contribution in [-0.2, 0) is 11.3 Å². The maximum absolute atomic E-state index is 11.7. The van der Waals surface area contributed by atoms with Gasteiger partial charge in [-0.3, -0.25) is 10.4 Å². The second kappa shape index (κ2) is 6.74. The fourth-order valence-electron chi connectivity index (χ4n) is 1.66. The van der Waals surface area contributed by atoms with Crippen molar-refractivity contribution in [2.45, 2.75) is 26.4 Å². The molecule has 0 aliphatic rings. The fourth-order valence-corrected chi connectivity index (χ4v) is 2.66. The predicted octanol–water partition coefficient (Wildman–Crippen LogP) is 3.89.